The fourth-order valence-electron chi connectivity index (χ4n) is 0.910. The monoisotopic (exact) mass is 221 g/mol. The Morgan fingerprint density at radius 3 is 2.21 bits per heavy atom. The Bertz CT molecular complexity index is 336. The molecule has 5 nitrogen and oxygen atoms in total. The average Bonchev–Trinajstić information content (AvgIpc) is 2.04. The number of carboxylic acids is 1. The van der Waals surface area contributed by atoms with Crippen molar-refractivity contribution in [2.75, 3.05) is 0 Å². The first-order valence-electron chi connectivity index (χ1n) is 3.54. The molecule has 0 spiro atoms. The Morgan fingerprint density at radius 2 is 1.86 bits per heavy atom. The van der Waals surface area contributed by atoms with Crippen molar-refractivity contribution < 1.29 is 14.8 Å². The Kier molecular flexibility index (Phi) is 6.13. The molecule has 0 saturated heterocycles. The first-order chi connectivity index (χ1) is 6.09. The molecule has 0 bridgehead atoms. The van der Waals surface area contributed by atoms with Crippen LogP contribution in [0.15, 0.2) is 24.3 Å². The van der Waals surface area contributed by atoms with Crippen LogP contribution in [0.4, 0.5) is 5.69 Å². The number of nitro groups is 1. The number of hydrogen-bond acceptors (Lipinski definition) is 3. The van der Waals surface area contributed by atoms with Crippen molar-refractivity contribution in [2.45, 2.75) is 6.42 Å². The van der Waals surface area contributed by atoms with Gasteiger partial charge in [-0.1, -0.05) is 12.1 Å². The van der Waals surface area contributed by atoms with E-state index in [0.29, 0.717) is 5.56 Å². The normalized spacial score (nSPS) is 8.86. The molecule has 0 saturated carbocycles. The molecular formula is C8H8KNO4. The summed E-state index contributed by atoms with van der Waals surface area (Å²) in [5, 5.41) is 18.6. The van der Waals surface area contributed by atoms with Gasteiger partial charge >= 0.3 is 57.4 Å². The van der Waals surface area contributed by atoms with Crippen molar-refractivity contribution in [3.63, 3.8) is 0 Å². The molecule has 0 radical (unpaired) electrons. The van der Waals surface area contributed by atoms with E-state index < -0.39 is 10.9 Å². The number of aliphatic carboxylic acids is 1. The van der Waals surface area contributed by atoms with Crippen molar-refractivity contribution >= 4 is 63.0 Å². The average molecular weight is 221 g/mol. The summed E-state index contributed by atoms with van der Waals surface area (Å²) >= 11 is 0. The molecule has 0 aromatic heterocycles. The van der Waals surface area contributed by atoms with Gasteiger partial charge in [-0.05, 0) is 5.56 Å². The van der Waals surface area contributed by atoms with E-state index in [4.69, 9.17) is 5.11 Å². The Morgan fingerprint density at radius 1 is 1.36 bits per heavy atom. The number of nitro benzene ring substituents is 1. The van der Waals surface area contributed by atoms with Crippen molar-refractivity contribution in [1.82, 2.24) is 0 Å². The first-order valence-corrected chi connectivity index (χ1v) is 3.54. The van der Waals surface area contributed by atoms with Gasteiger partial charge in [-0.25, -0.2) is 0 Å². The molecule has 0 atom stereocenters. The predicted octanol–water partition coefficient (Wildman–Crippen LogP) is 0.573. The number of hydrogen-bond donors (Lipinski definition) is 1. The molecule has 1 rings (SSSR count). The van der Waals surface area contributed by atoms with Gasteiger partial charge in [-0.3, -0.25) is 14.9 Å². The van der Waals surface area contributed by atoms with Crippen LogP contribution < -0.4 is 0 Å². The predicted molar refractivity (Wildman–Crippen MR) is 51.6 cm³/mol. The topological polar surface area (TPSA) is 80.4 Å². The minimum atomic E-state index is -0.950. The van der Waals surface area contributed by atoms with Crippen molar-refractivity contribution in [2.24, 2.45) is 0 Å². The molecule has 0 aliphatic heterocycles. The van der Waals surface area contributed by atoms with Gasteiger partial charge in [0.25, 0.3) is 5.69 Å². The van der Waals surface area contributed by atoms with E-state index in [2.05, 4.69) is 0 Å². The van der Waals surface area contributed by atoms with Crippen LogP contribution in [0.5, 0.6) is 0 Å². The zero-order chi connectivity index (χ0) is 9.84. The van der Waals surface area contributed by atoms with Crippen LogP contribution in [-0.4, -0.2) is 67.4 Å². The van der Waals surface area contributed by atoms with Gasteiger partial charge in [-0.15, -0.1) is 0 Å². The summed E-state index contributed by atoms with van der Waals surface area (Å²) in [5.41, 5.74) is 0.521. The van der Waals surface area contributed by atoms with E-state index in [-0.39, 0.29) is 63.5 Å². The van der Waals surface area contributed by atoms with Crippen LogP contribution >= 0.6 is 0 Å². The van der Waals surface area contributed by atoms with Crippen molar-refractivity contribution in [1.29, 1.82) is 0 Å². The third-order valence-electron chi connectivity index (χ3n) is 1.50. The molecule has 0 aliphatic rings. The van der Waals surface area contributed by atoms with E-state index in [1.165, 1.54) is 24.3 Å². The molecular weight excluding hydrogens is 213 g/mol. The minimum absolute atomic E-state index is 0. The summed E-state index contributed by atoms with van der Waals surface area (Å²) < 4.78 is 0. The molecule has 1 aromatic rings. The van der Waals surface area contributed by atoms with E-state index in [9.17, 15) is 14.9 Å². The Hall–Kier alpha value is -0.274. The van der Waals surface area contributed by atoms with E-state index in [1.54, 1.807) is 0 Å². The third-order valence-corrected chi connectivity index (χ3v) is 1.50. The Labute approximate surface area is 123 Å². The zero-order valence-corrected chi connectivity index (χ0v) is 6.64. The summed E-state index contributed by atoms with van der Waals surface area (Å²) in [6.45, 7) is 0. The van der Waals surface area contributed by atoms with Crippen LogP contribution in [0.25, 0.3) is 0 Å². The van der Waals surface area contributed by atoms with Crippen molar-refractivity contribution in [3.05, 3.63) is 39.9 Å². The van der Waals surface area contributed by atoms with Crippen LogP contribution in [-0.2, 0) is 11.2 Å². The third kappa shape index (κ3) is 4.29. The summed E-state index contributed by atoms with van der Waals surface area (Å²) in [6.07, 6.45) is -0.113. The van der Waals surface area contributed by atoms with Gasteiger partial charge in [0.15, 0.2) is 0 Å². The molecule has 0 heterocycles. The van der Waals surface area contributed by atoms with Gasteiger partial charge in [0, 0.05) is 12.1 Å². The number of carboxylic acid groups (broad SMARTS) is 1. The second-order valence-electron chi connectivity index (χ2n) is 2.49. The molecule has 1 aromatic carbocycles. The van der Waals surface area contributed by atoms with E-state index in [0.717, 1.165) is 0 Å². The second kappa shape index (κ2) is 6.26. The van der Waals surface area contributed by atoms with Crippen molar-refractivity contribution in [3.8, 4) is 0 Å². The zero-order valence-electron chi connectivity index (χ0n) is 6.64. The van der Waals surface area contributed by atoms with Crippen LogP contribution in [0.1, 0.15) is 5.56 Å². The molecule has 14 heavy (non-hydrogen) atoms. The number of carbonyl (C=O) groups is 1. The standard InChI is InChI=1S/C8H7NO4.K.H/c10-8(11)5-6-1-3-7(4-2-6)9(12)13;;/h1-4H,5H2,(H,10,11);;. The second-order valence-corrected chi connectivity index (χ2v) is 2.49. The molecule has 0 amide bonds. The van der Waals surface area contributed by atoms with Crippen LogP contribution in [0.3, 0.4) is 0 Å². The van der Waals surface area contributed by atoms with Gasteiger partial charge in [0.1, 0.15) is 0 Å². The first kappa shape index (κ1) is 13.7. The van der Waals surface area contributed by atoms with Gasteiger partial charge in [-0.2, -0.15) is 0 Å². The molecule has 0 unspecified atom stereocenters. The molecule has 1 N–H and O–H groups in total. The molecule has 70 valence electrons. The maximum absolute atomic E-state index is 10.3. The van der Waals surface area contributed by atoms with Gasteiger partial charge < -0.3 is 5.11 Å². The van der Waals surface area contributed by atoms with Gasteiger partial charge in [0.2, 0.25) is 0 Å². The Balaban J connectivity index is 0.00000169. The van der Waals surface area contributed by atoms with E-state index >= 15 is 0 Å². The quantitative estimate of drug-likeness (QED) is 0.459. The summed E-state index contributed by atoms with van der Waals surface area (Å²) in [4.78, 5) is 20.0. The molecule has 0 fully saturated rings. The number of rotatable bonds is 3. The van der Waals surface area contributed by atoms with E-state index in [1.807, 2.05) is 0 Å². The van der Waals surface area contributed by atoms with Crippen LogP contribution in [0.2, 0.25) is 0 Å². The summed E-state index contributed by atoms with van der Waals surface area (Å²) in [6, 6.07) is 5.45. The fourth-order valence-corrected chi connectivity index (χ4v) is 0.910. The number of non-ortho nitro benzene ring substituents is 1. The molecule has 6 heteroatoms. The molecule has 0 aliphatic carbocycles. The summed E-state index contributed by atoms with van der Waals surface area (Å²) in [5.74, 6) is -0.950. The maximum atomic E-state index is 10.3. The SMILES string of the molecule is O=C(O)Cc1ccc([N+](=O)[O-])cc1.[KH]. The number of nitrogens with zero attached hydrogens (tertiary/aromatic N) is 1. The summed E-state index contributed by atoms with van der Waals surface area (Å²) in [7, 11) is 0. The fraction of sp³-hybridized carbons (Fsp3) is 0.125. The van der Waals surface area contributed by atoms with Gasteiger partial charge in [0.05, 0.1) is 11.3 Å². The van der Waals surface area contributed by atoms with Crippen LogP contribution in [0, 0.1) is 10.1 Å². The number of benzene rings is 1.